The van der Waals surface area contributed by atoms with Crippen molar-refractivity contribution in [2.45, 2.75) is 25.7 Å². The van der Waals surface area contributed by atoms with Gasteiger partial charge in [0.05, 0.1) is 18.9 Å². The van der Waals surface area contributed by atoms with Crippen molar-refractivity contribution in [3.63, 3.8) is 0 Å². The molecule has 4 nitrogen and oxygen atoms in total. The number of benzene rings is 1. The molecule has 100 valence electrons. The molecule has 0 saturated heterocycles. The molecule has 1 N–H and O–H groups in total. The predicted octanol–water partition coefficient (Wildman–Crippen LogP) is 2.86. The predicted molar refractivity (Wildman–Crippen MR) is 68.1 cm³/mol. The number of amides is 1. The van der Waals surface area contributed by atoms with Crippen molar-refractivity contribution >= 4 is 11.6 Å². The smallest absolute Gasteiger partial charge is 0.244 e. The molecule has 0 aliphatic heterocycles. The molecule has 2 rings (SSSR count). The topological polar surface area (TPSA) is 62.1 Å². The molecule has 1 aromatic carbocycles. The quantitative estimate of drug-likeness (QED) is 0.911. The van der Waals surface area contributed by atoms with Crippen LogP contribution in [-0.2, 0) is 4.79 Å². The first-order valence-electron chi connectivity index (χ1n) is 6.17. The van der Waals surface area contributed by atoms with Crippen molar-refractivity contribution in [3.8, 4) is 11.8 Å². The Morgan fingerprint density at radius 3 is 2.74 bits per heavy atom. The third kappa shape index (κ3) is 2.53. The lowest BCUT2D eigenvalue weighted by molar-refractivity contribution is -0.122. The fraction of sp³-hybridized carbons (Fsp3) is 0.429. The van der Waals surface area contributed by atoms with Crippen molar-refractivity contribution < 1.29 is 13.9 Å². The zero-order chi connectivity index (χ0) is 13.9. The number of halogens is 1. The van der Waals surface area contributed by atoms with Gasteiger partial charge < -0.3 is 10.1 Å². The first kappa shape index (κ1) is 13.3. The van der Waals surface area contributed by atoms with Gasteiger partial charge in [0, 0.05) is 6.07 Å². The van der Waals surface area contributed by atoms with Gasteiger partial charge >= 0.3 is 0 Å². The third-order valence-corrected chi connectivity index (χ3v) is 3.53. The van der Waals surface area contributed by atoms with Crippen molar-refractivity contribution in [2.75, 3.05) is 12.4 Å². The zero-order valence-electron chi connectivity index (χ0n) is 10.7. The molecule has 0 atom stereocenters. The largest absolute Gasteiger partial charge is 0.497 e. The zero-order valence-corrected chi connectivity index (χ0v) is 10.7. The maximum atomic E-state index is 13.6. The fourth-order valence-corrected chi connectivity index (χ4v) is 2.34. The number of hydrogen-bond donors (Lipinski definition) is 1. The van der Waals surface area contributed by atoms with Crippen molar-refractivity contribution in [1.29, 1.82) is 5.26 Å². The summed E-state index contributed by atoms with van der Waals surface area (Å²) in [6, 6.07) is 6.19. The van der Waals surface area contributed by atoms with Gasteiger partial charge in [-0.3, -0.25) is 4.79 Å². The molecule has 1 aromatic rings. The Kier molecular flexibility index (Phi) is 3.70. The van der Waals surface area contributed by atoms with Crippen molar-refractivity contribution in [2.24, 2.45) is 5.41 Å². The second-order valence-corrected chi connectivity index (χ2v) is 4.70. The van der Waals surface area contributed by atoms with E-state index in [4.69, 9.17) is 4.74 Å². The molecule has 0 heterocycles. The van der Waals surface area contributed by atoms with Crippen LogP contribution in [0.2, 0.25) is 0 Å². The molecule has 1 saturated carbocycles. The average molecular weight is 262 g/mol. The Balaban J connectivity index is 2.21. The summed E-state index contributed by atoms with van der Waals surface area (Å²) < 4.78 is 18.6. The average Bonchev–Trinajstić information content (AvgIpc) is 2.91. The summed E-state index contributed by atoms with van der Waals surface area (Å²) in [5, 5.41) is 11.7. The Hall–Kier alpha value is -2.09. The molecule has 0 spiro atoms. The lowest BCUT2D eigenvalue weighted by Crippen LogP contribution is -2.32. The van der Waals surface area contributed by atoms with Crippen LogP contribution in [0.25, 0.3) is 0 Å². The van der Waals surface area contributed by atoms with Crippen LogP contribution in [0, 0.1) is 22.6 Å². The van der Waals surface area contributed by atoms with Gasteiger partial charge in [0.25, 0.3) is 0 Å². The van der Waals surface area contributed by atoms with Crippen LogP contribution >= 0.6 is 0 Å². The van der Waals surface area contributed by atoms with Gasteiger partial charge in [-0.25, -0.2) is 4.39 Å². The summed E-state index contributed by atoms with van der Waals surface area (Å²) in [7, 11) is 1.46. The van der Waals surface area contributed by atoms with Crippen LogP contribution in [0.15, 0.2) is 18.2 Å². The maximum absolute atomic E-state index is 13.6. The number of hydrogen-bond acceptors (Lipinski definition) is 3. The third-order valence-electron chi connectivity index (χ3n) is 3.53. The van der Waals surface area contributed by atoms with E-state index in [-0.39, 0.29) is 5.69 Å². The number of ether oxygens (including phenoxy) is 1. The van der Waals surface area contributed by atoms with Crippen LogP contribution in [-0.4, -0.2) is 13.0 Å². The lowest BCUT2D eigenvalue weighted by atomic mass is 9.87. The summed E-state index contributed by atoms with van der Waals surface area (Å²) >= 11 is 0. The van der Waals surface area contributed by atoms with Crippen molar-refractivity contribution in [1.82, 2.24) is 0 Å². The number of rotatable bonds is 3. The van der Waals surface area contributed by atoms with E-state index >= 15 is 0 Å². The standard InChI is InChI=1S/C14H15FN2O2/c1-19-10-4-5-11(15)12(8-10)17-13(18)14(9-16)6-2-3-7-14/h4-5,8H,2-3,6-7H2,1H3,(H,17,18). The number of nitrogens with zero attached hydrogens (tertiary/aromatic N) is 1. The molecule has 1 aliphatic carbocycles. The highest BCUT2D eigenvalue weighted by atomic mass is 19.1. The fourth-order valence-electron chi connectivity index (χ4n) is 2.34. The summed E-state index contributed by atoms with van der Waals surface area (Å²) in [5.74, 6) is -0.519. The van der Waals surface area contributed by atoms with Crippen LogP contribution in [0.3, 0.4) is 0 Å². The minimum Gasteiger partial charge on any atom is -0.497 e. The molecule has 5 heteroatoms. The minimum atomic E-state index is -1.02. The first-order chi connectivity index (χ1) is 9.11. The maximum Gasteiger partial charge on any atom is 0.244 e. The SMILES string of the molecule is COc1ccc(F)c(NC(=O)C2(C#N)CCCC2)c1. The summed E-state index contributed by atoms with van der Waals surface area (Å²) in [5.41, 5.74) is -0.971. The van der Waals surface area contributed by atoms with Gasteiger partial charge in [-0.1, -0.05) is 12.8 Å². The molecule has 0 unspecified atom stereocenters. The Morgan fingerprint density at radius 2 is 2.16 bits per heavy atom. The monoisotopic (exact) mass is 262 g/mol. The van der Waals surface area contributed by atoms with E-state index in [9.17, 15) is 14.4 Å². The van der Waals surface area contributed by atoms with E-state index in [2.05, 4.69) is 11.4 Å². The van der Waals surface area contributed by atoms with Crippen LogP contribution in [0.5, 0.6) is 5.75 Å². The first-order valence-corrected chi connectivity index (χ1v) is 6.17. The summed E-state index contributed by atoms with van der Waals surface area (Å²) in [6.07, 6.45) is 2.75. The minimum absolute atomic E-state index is 0.0471. The molecule has 1 aliphatic rings. The van der Waals surface area contributed by atoms with Crippen LogP contribution in [0.1, 0.15) is 25.7 Å². The molecular weight excluding hydrogens is 247 g/mol. The number of nitrogens with one attached hydrogen (secondary N) is 1. The van der Waals surface area contributed by atoms with E-state index in [1.165, 1.54) is 25.3 Å². The molecular formula is C14H15FN2O2. The number of anilines is 1. The van der Waals surface area contributed by atoms with E-state index in [1.807, 2.05) is 0 Å². The molecule has 0 radical (unpaired) electrons. The highest BCUT2D eigenvalue weighted by Crippen LogP contribution is 2.38. The van der Waals surface area contributed by atoms with Gasteiger partial charge in [-0.05, 0) is 25.0 Å². The molecule has 0 aromatic heterocycles. The summed E-state index contributed by atoms with van der Waals surface area (Å²) in [6.45, 7) is 0. The van der Waals surface area contributed by atoms with Gasteiger partial charge in [0.2, 0.25) is 5.91 Å². The second-order valence-electron chi connectivity index (χ2n) is 4.70. The van der Waals surface area contributed by atoms with E-state index < -0.39 is 17.1 Å². The molecule has 1 amide bonds. The van der Waals surface area contributed by atoms with Gasteiger partial charge in [-0.2, -0.15) is 5.26 Å². The van der Waals surface area contributed by atoms with E-state index in [0.717, 1.165) is 12.8 Å². The Bertz CT molecular complexity index is 531. The van der Waals surface area contributed by atoms with Crippen molar-refractivity contribution in [3.05, 3.63) is 24.0 Å². The highest BCUT2D eigenvalue weighted by Gasteiger charge is 2.41. The normalized spacial score (nSPS) is 16.7. The summed E-state index contributed by atoms with van der Waals surface area (Å²) in [4.78, 5) is 12.2. The molecule has 1 fully saturated rings. The second kappa shape index (κ2) is 5.27. The molecule has 19 heavy (non-hydrogen) atoms. The highest BCUT2D eigenvalue weighted by molar-refractivity contribution is 5.97. The van der Waals surface area contributed by atoms with E-state index in [0.29, 0.717) is 18.6 Å². The number of methoxy groups -OCH3 is 1. The Labute approximate surface area is 111 Å². The number of nitriles is 1. The van der Waals surface area contributed by atoms with Crippen LogP contribution < -0.4 is 10.1 Å². The number of carbonyl (C=O) groups excluding carboxylic acids is 1. The van der Waals surface area contributed by atoms with Gasteiger partial charge in [-0.15, -0.1) is 0 Å². The lowest BCUT2D eigenvalue weighted by Gasteiger charge is -2.19. The molecule has 0 bridgehead atoms. The van der Waals surface area contributed by atoms with Gasteiger partial charge in [0.1, 0.15) is 17.0 Å². The number of carbonyl (C=O) groups is 1. The van der Waals surface area contributed by atoms with Crippen LogP contribution in [0.4, 0.5) is 10.1 Å². The Morgan fingerprint density at radius 1 is 1.47 bits per heavy atom. The van der Waals surface area contributed by atoms with Gasteiger partial charge in [0.15, 0.2) is 0 Å². The van der Waals surface area contributed by atoms with E-state index in [1.54, 1.807) is 0 Å².